The second-order valence-electron chi connectivity index (χ2n) is 5.88. The smallest absolute Gasteiger partial charge is 0.170 e. The number of rotatable bonds is 5. The normalized spacial score (nSPS) is 23.7. The molecule has 1 unspecified atom stereocenters. The second-order valence-corrected chi connectivity index (χ2v) is 5.88. The minimum absolute atomic E-state index is 0.0580. The molecule has 0 radical (unpaired) electrons. The average molecular weight is 292 g/mol. The summed E-state index contributed by atoms with van der Waals surface area (Å²) in [5.74, 6) is -0.446. The van der Waals surface area contributed by atoms with Crippen LogP contribution >= 0.6 is 0 Å². The molecule has 1 saturated carbocycles. The van der Waals surface area contributed by atoms with Gasteiger partial charge in [-0.2, -0.15) is 0 Å². The Morgan fingerprint density at radius 3 is 2.95 bits per heavy atom. The van der Waals surface area contributed by atoms with Crippen LogP contribution < -0.4 is 11.1 Å². The standard InChI is InChI=1S/C15H21FN4O/c16-11-2-1-10(14(7-11)15(17)19-21)8-18-12-5-6-20(9-12)13-3-4-13/h1-2,7,12-13,18,21H,3-6,8-9H2,(H2,17,19). The molecule has 1 atom stereocenters. The first-order valence-electron chi connectivity index (χ1n) is 7.41. The van der Waals surface area contributed by atoms with Gasteiger partial charge in [-0.05, 0) is 37.0 Å². The second kappa shape index (κ2) is 5.99. The van der Waals surface area contributed by atoms with E-state index in [9.17, 15) is 4.39 Å². The van der Waals surface area contributed by atoms with E-state index in [1.165, 1.54) is 25.0 Å². The lowest BCUT2D eigenvalue weighted by Crippen LogP contribution is -2.33. The van der Waals surface area contributed by atoms with E-state index in [2.05, 4.69) is 15.4 Å². The predicted molar refractivity (Wildman–Crippen MR) is 78.8 cm³/mol. The summed E-state index contributed by atoms with van der Waals surface area (Å²) in [6.45, 7) is 2.82. The highest BCUT2D eigenvalue weighted by Crippen LogP contribution is 2.29. The van der Waals surface area contributed by atoms with Gasteiger partial charge in [0.25, 0.3) is 0 Å². The summed E-state index contributed by atoms with van der Waals surface area (Å²) in [6, 6.07) is 5.64. The van der Waals surface area contributed by atoms with Gasteiger partial charge >= 0.3 is 0 Å². The number of hydrogen-bond donors (Lipinski definition) is 3. The van der Waals surface area contributed by atoms with E-state index in [1.807, 2.05) is 0 Å². The summed E-state index contributed by atoms with van der Waals surface area (Å²) in [5.41, 5.74) is 6.91. The monoisotopic (exact) mass is 292 g/mol. The Balaban J connectivity index is 1.62. The van der Waals surface area contributed by atoms with Gasteiger partial charge < -0.3 is 16.3 Å². The van der Waals surface area contributed by atoms with Crippen molar-refractivity contribution in [2.75, 3.05) is 13.1 Å². The Morgan fingerprint density at radius 2 is 2.24 bits per heavy atom. The summed E-state index contributed by atoms with van der Waals surface area (Å²) >= 11 is 0. The molecule has 0 aromatic heterocycles. The quantitative estimate of drug-likeness (QED) is 0.330. The zero-order chi connectivity index (χ0) is 14.8. The van der Waals surface area contributed by atoms with Crippen LogP contribution in [0.2, 0.25) is 0 Å². The maximum absolute atomic E-state index is 13.3. The van der Waals surface area contributed by atoms with Crippen molar-refractivity contribution in [3.63, 3.8) is 0 Å². The Labute approximate surface area is 123 Å². The van der Waals surface area contributed by atoms with Crippen molar-refractivity contribution in [1.82, 2.24) is 10.2 Å². The van der Waals surface area contributed by atoms with E-state index in [4.69, 9.17) is 10.9 Å². The molecular weight excluding hydrogens is 271 g/mol. The number of halogens is 1. The third-order valence-corrected chi connectivity index (χ3v) is 4.32. The molecule has 1 saturated heterocycles. The third-order valence-electron chi connectivity index (χ3n) is 4.32. The molecule has 2 aliphatic rings. The number of nitrogens with zero attached hydrogens (tertiary/aromatic N) is 2. The van der Waals surface area contributed by atoms with Gasteiger partial charge in [-0.3, -0.25) is 4.90 Å². The summed E-state index contributed by atoms with van der Waals surface area (Å²) in [7, 11) is 0. The Kier molecular flexibility index (Phi) is 4.07. The molecule has 4 N–H and O–H groups in total. The van der Waals surface area contributed by atoms with Gasteiger partial charge in [-0.1, -0.05) is 11.2 Å². The maximum atomic E-state index is 13.3. The number of hydrogen-bond acceptors (Lipinski definition) is 4. The van der Waals surface area contributed by atoms with Gasteiger partial charge in [0.1, 0.15) is 5.82 Å². The number of nitrogens with one attached hydrogen (secondary N) is 1. The highest BCUT2D eigenvalue weighted by Gasteiger charge is 2.34. The van der Waals surface area contributed by atoms with Crippen molar-refractivity contribution in [3.8, 4) is 0 Å². The fraction of sp³-hybridized carbons (Fsp3) is 0.533. The number of amidine groups is 1. The Bertz CT molecular complexity index is 544. The first-order chi connectivity index (χ1) is 10.2. The van der Waals surface area contributed by atoms with Crippen molar-refractivity contribution in [3.05, 3.63) is 35.1 Å². The highest BCUT2D eigenvalue weighted by atomic mass is 19.1. The maximum Gasteiger partial charge on any atom is 0.170 e. The number of likely N-dealkylation sites (tertiary alicyclic amines) is 1. The van der Waals surface area contributed by atoms with Crippen LogP contribution in [0.15, 0.2) is 23.4 Å². The molecule has 0 spiro atoms. The van der Waals surface area contributed by atoms with Crippen LogP contribution in [0.4, 0.5) is 4.39 Å². The van der Waals surface area contributed by atoms with Crippen LogP contribution in [0.25, 0.3) is 0 Å². The largest absolute Gasteiger partial charge is 0.409 e. The molecule has 0 bridgehead atoms. The molecule has 1 aromatic carbocycles. The van der Waals surface area contributed by atoms with Gasteiger partial charge in [-0.15, -0.1) is 0 Å². The molecule has 1 heterocycles. The fourth-order valence-electron chi connectivity index (χ4n) is 2.97. The lowest BCUT2D eigenvalue weighted by molar-refractivity contribution is 0.317. The Hall–Kier alpha value is -1.66. The molecule has 1 aliphatic heterocycles. The van der Waals surface area contributed by atoms with Gasteiger partial charge in [0.15, 0.2) is 5.84 Å². The number of benzene rings is 1. The van der Waals surface area contributed by atoms with Crippen LogP contribution in [0.5, 0.6) is 0 Å². The minimum atomic E-state index is -0.388. The van der Waals surface area contributed by atoms with Gasteiger partial charge in [-0.25, -0.2) is 4.39 Å². The Morgan fingerprint density at radius 1 is 1.43 bits per heavy atom. The van der Waals surface area contributed by atoms with Crippen molar-refractivity contribution in [2.45, 2.75) is 37.9 Å². The molecular formula is C15H21FN4O. The molecule has 0 amide bonds. The SMILES string of the molecule is NC(=NO)c1cc(F)ccc1CNC1CCN(C2CC2)C1. The summed E-state index contributed by atoms with van der Waals surface area (Å²) in [4.78, 5) is 2.53. The van der Waals surface area contributed by atoms with Crippen molar-refractivity contribution in [2.24, 2.45) is 10.9 Å². The molecule has 2 fully saturated rings. The molecule has 3 rings (SSSR count). The molecule has 1 aromatic rings. The zero-order valence-corrected chi connectivity index (χ0v) is 11.9. The van der Waals surface area contributed by atoms with Gasteiger partial charge in [0.2, 0.25) is 0 Å². The van der Waals surface area contributed by atoms with E-state index in [1.54, 1.807) is 6.07 Å². The van der Waals surface area contributed by atoms with Crippen molar-refractivity contribution >= 4 is 5.84 Å². The first-order valence-corrected chi connectivity index (χ1v) is 7.41. The molecule has 21 heavy (non-hydrogen) atoms. The lowest BCUT2D eigenvalue weighted by atomic mass is 10.1. The number of oxime groups is 1. The first kappa shape index (κ1) is 14.3. The van der Waals surface area contributed by atoms with E-state index in [0.29, 0.717) is 18.2 Å². The van der Waals surface area contributed by atoms with Crippen LogP contribution in [-0.2, 0) is 6.54 Å². The van der Waals surface area contributed by atoms with Crippen molar-refractivity contribution in [1.29, 1.82) is 0 Å². The summed E-state index contributed by atoms with van der Waals surface area (Å²) < 4.78 is 13.3. The lowest BCUT2D eigenvalue weighted by Gasteiger charge is -2.16. The van der Waals surface area contributed by atoms with E-state index >= 15 is 0 Å². The van der Waals surface area contributed by atoms with Crippen molar-refractivity contribution < 1.29 is 9.60 Å². The van der Waals surface area contributed by atoms with Crippen LogP contribution in [0.3, 0.4) is 0 Å². The molecule has 6 heteroatoms. The topological polar surface area (TPSA) is 73.9 Å². The molecule has 1 aliphatic carbocycles. The van der Waals surface area contributed by atoms with E-state index in [0.717, 1.165) is 31.1 Å². The average Bonchev–Trinajstić information content (AvgIpc) is 3.24. The van der Waals surface area contributed by atoms with E-state index in [-0.39, 0.29) is 11.7 Å². The predicted octanol–water partition coefficient (Wildman–Crippen LogP) is 1.25. The molecule has 114 valence electrons. The third kappa shape index (κ3) is 3.33. The summed E-state index contributed by atoms with van der Waals surface area (Å²) in [5, 5.41) is 15.3. The molecule has 5 nitrogen and oxygen atoms in total. The van der Waals surface area contributed by atoms with Crippen LogP contribution in [0.1, 0.15) is 30.4 Å². The van der Waals surface area contributed by atoms with Crippen LogP contribution in [0, 0.1) is 5.82 Å². The summed E-state index contributed by atoms with van der Waals surface area (Å²) in [6.07, 6.45) is 3.80. The van der Waals surface area contributed by atoms with Gasteiger partial charge in [0, 0.05) is 37.3 Å². The van der Waals surface area contributed by atoms with Crippen LogP contribution in [-0.4, -0.2) is 41.1 Å². The van der Waals surface area contributed by atoms with E-state index < -0.39 is 0 Å². The van der Waals surface area contributed by atoms with Gasteiger partial charge in [0.05, 0.1) is 0 Å². The number of nitrogens with two attached hydrogens (primary N) is 1. The fourth-order valence-corrected chi connectivity index (χ4v) is 2.97. The minimum Gasteiger partial charge on any atom is -0.409 e. The highest BCUT2D eigenvalue weighted by molar-refractivity contribution is 5.98. The zero-order valence-electron chi connectivity index (χ0n) is 11.9.